The third kappa shape index (κ3) is 4.18. The van der Waals surface area contributed by atoms with Crippen LogP contribution >= 0.6 is 0 Å². The molecule has 0 aliphatic rings. The molecule has 0 bridgehead atoms. The van der Waals surface area contributed by atoms with Gasteiger partial charge in [0.05, 0.1) is 5.56 Å². The molecule has 0 saturated carbocycles. The molecule has 2 aromatic carbocycles. The summed E-state index contributed by atoms with van der Waals surface area (Å²) in [6.07, 6.45) is -4.32. The van der Waals surface area contributed by atoms with Gasteiger partial charge in [0.1, 0.15) is 0 Å². The molecule has 130 valence electrons. The molecule has 0 aliphatic heterocycles. The predicted octanol–water partition coefficient (Wildman–Crippen LogP) is 6.16. The largest absolute Gasteiger partial charge is 0.416 e. The van der Waals surface area contributed by atoms with Crippen molar-refractivity contribution in [2.75, 3.05) is 6.54 Å². The molecule has 0 heterocycles. The Bertz CT molecular complexity index is 664. The Kier molecular flexibility index (Phi) is 5.70. The maximum absolute atomic E-state index is 13.1. The van der Waals surface area contributed by atoms with Crippen molar-refractivity contribution in [2.45, 2.75) is 46.0 Å². The van der Waals surface area contributed by atoms with Crippen molar-refractivity contribution in [2.24, 2.45) is 0 Å². The van der Waals surface area contributed by atoms with Gasteiger partial charge >= 0.3 is 6.18 Å². The monoisotopic (exact) mass is 335 g/mol. The van der Waals surface area contributed by atoms with E-state index in [1.807, 2.05) is 38.1 Å². The molecular weight excluding hydrogens is 311 g/mol. The number of nitrogens with zero attached hydrogens (tertiary/aromatic N) is 1. The van der Waals surface area contributed by atoms with E-state index in [9.17, 15) is 13.2 Å². The van der Waals surface area contributed by atoms with Gasteiger partial charge in [-0.25, -0.2) is 0 Å². The highest BCUT2D eigenvalue weighted by Crippen LogP contribution is 2.35. The third-order valence-corrected chi connectivity index (χ3v) is 4.55. The fourth-order valence-corrected chi connectivity index (χ4v) is 3.22. The van der Waals surface area contributed by atoms with Crippen molar-refractivity contribution < 1.29 is 13.2 Å². The Hall–Kier alpha value is -1.81. The number of hydrogen-bond donors (Lipinski definition) is 0. The van der Waals surface area contributed by atoms with Crippen LogP contribution in [-0.4, -0.2) is 11.4 Å². The van der Waals surface area contributed by atoms with Crippen molar-refractivity contribution >= 4 is 0 Å². The van der Waals surface area contributed by atoms with Gasteiger partial charge in [0.15, 0.2) is 0 Å². The molecule has 0 aromatic heterocycles. The summed E-state index contributed by atoms with van der Waals surface area (Å²) in [5.41, 5.74) is 1.92. The van der Waals surface area contributed by atoms with E-state index < -0.39 is 11.7 Å². The molecule has 0 fully saturated rings. The number of alkyl halides is 3. The van der Waals surface area contributed by atoms with Gasteiger partial charge in [0, 0.05) is 12.1 Å². The summed E-state index contributed by atoms with van der Waals surface area (Å²) in [5.74, 6) is 0. The second-order valence-electron chi connectivity index (χ2n) is 6.22. The molecule has 0 aliphatic carbocycles. The van der Waals surface area contributed by atoms with E-state index in [-0.39, 0.29) is 12.1 Å². The minimum atomic E-state index is -4.32. The lowest BCUT2D eigenvalue weighted by atomic mass is 9.98. The van der Waals surface area contributed by atoms with Gasteiger partial charge in [0.2, 0.25) is 0 Å². The van der Waals surface area contributed by atoms with Gasteiger partial charge in [-0.3, -0.25) is 4.90 Å². The van der Waals surface area contributed by atoms with E-state index >= 15 is 0 Å². The molecule has 1 unspecified atom stereocenters. The van der Waals surface area contributed by atoms with E-state index in [1.165, 1.54) is 12.1 Å². The maximum atomic E-state index is 13.1. The van der Waals surface area contributed by atoms with Crippen LogP contribution in [0, 0.1) is 6.92 Å². The van der Waals surface area contributed by atoms with Gasteiger partial charge in [-0.2, -0.15) is 13.2 Å². The summed E-state index contributed by atoms with van der Waals surface area (Å²) < 4.78 is 39.3. The molecule has 2 aromatic rings. The topological polar surface area (TPSA) is 3.24 Å². The normalized spacial score (nSPS) is 14.7. The van der Waals surface area contributed by atoms with Crippen LogP contribution in [0.5, 0.6) is 0 Å². The number of hydrogen-bond acceptors (Lipinski definition) is 1. The molecular formula is C20H24F3N. The molecule has 1 nitrogen and oxygen atoms in total. The lowest BCUT2D eigenvalue weighted by Crippen LogP contribution is -2.30. The van der Waals surface area contributed by atoms with Crippen molar-refractivity contribution in [3.05, 3.63) is 70.8 Å². The van der Waals surface area contributed by atoms with Crippen LogP contribution in [0.1, 0.15) is 55.1 Å². The lowest BCUT2D eigenvalue weighted by molar-refractivity contribution is -0.137. The second-order valence-corrected chi connectivity index (χ2v) is 6.22. The molecule has 0 spiro atoms. The molecule has 0 radical (unpaired) electrons. The molecule has 24 heavy (non-hydrogen) atoms. The van der Waals surface area contributed by atoms with E-state index in [4.69, 9.17) is 0 Å². The van der Waals surface area contributed by atoms with Gasteiger partial charge in [-0.05, 0) is 50.6 Å². The van der Waals surface area contributed by atoms with Crippen LogP contribution in [0.15, 0.2) is 48.5 Å². The molecule has 2 rings (SSSR count). The summed E-state index contributed by atoms with van der Waals surface area (Å²) in [5, 5.41) is 0. The molecule has 0 amide bonds. The zero-order chi connectivity index (χ0) is 17.9. The van der Waals surface area contributed by atoms with Crippen LogP contribution in [0.25, 0.3) is 0 Å². The highest BCUT2D eigenvalue weighted by molar-refractivity contribution is 5.33. The number of aryl methyl sites for hydroxylation is 1. The van der Waals surface area contributed by atoms with Crippen LogP contribution in [-0.2, 0) is 6.18 Å². The SMILES string of the molecule is CCN(C(C)c1cc(C)cc(C(F)(F)F)c1)[C@H](C)c1ccccc1. The van der Waals surface area contributed by atoms with Gasteiger partial charge in [0.25, 0.3) is 0 Å². The minimum absolute atomic E-state index is 0.105. The Balaban J connectivity index is 2.35. The fraction of sp³-hybridized carbons (Fsp3) is 0.400. The first-order chi connectivity index (χ1) is 11.2. The molecule has 0 saturated heterocycles. The van der Waals surface area contributed by atoms with E-state index in [2.05, 4.69) is 24.0 Å². The highest BCUT2D eigenvalue weighted by atomic mass is 19.4. The Morgan fingerprint density at radius 2 is 1.50 bits per heavy atom. The first-order valence-corrected chi connectivity index (χ1v) is 8.23. The molecule has 0 N–H and O–H groups in total. The fourth-order valence-electron chi connectivity index (χ4n) is 3.22. The highest BCUT2D eigenvalue weighted by Gasteiger charge is 2.32. The van der Waals surface area contributed by atoms with Crippen LogP contribution in [0.4, 0.5) is 13.2 Å². The Morgan fingerprint density at radius 3 is 2.04 bits per heavy atom. The lowest BCUT2D eigenvalue weighted by Gasteiger charge is -2.34. The van der Waals surface area contributed by atoms with Crippen LogP contribution in [0.2, 0.25) is 0 Å². The van der Waals surface area contributed by atoms with Crippen LogP contribution < -0.4 is 0 Å². The minimum Gasteiger partial charge on any atom is -0.290 e. The number of rotatable bonds is 5. The van der Waals surface area contributed by atoms with Gasteiger partial charge in [-0.15, -0.1) is 0 Å². The Labute approximate surface area is 142 Å². The van der Waals surface area contributed by atoms with Gasteiger partial charge < -0.3 is 0 Å². The van der Waals surface area contributed by atoms with Crippen molar-refractivity contribution in [3.8, 4) is 0 Å². The smallest absolute Gasteiger partial charge is 0.290 e. The number of benzene rings is 2. The Morgan fingerprint density at radius 1 is 0.917 bits per heavy atom. The third-order valence-electron chi connectivity index (χ3n) is 4.55. The van der Waals surface area contributed by atoms with Crippen molar-refractivity contribution in [1.29, 1.82) is 0 Å². The summed E-state index contributed by atoms with van der Waals surface area (Å²) >= 11 is 0. The van der Waals surface area contributed by atoms with E-state index in [1.54, 1.807) is 6.92 Å². The van der Waals surface area contributed by atoms with Crippen molar-refractivity contribution in [1.82, 2.24) is 4.90 Å². The number of halogens is 3. The quantitative estimate of drug-likeness (QED) is 0.632. The van der Waals surface area contributed by atoms with E-state index in [0.29, 0.717) is 11.1 Å². The first kappa shape index (κ1) is 18.5. The standard InChI is InChI=1S/C20H24F3N/c1-5-24(15(3)17-9-7-6-8-10-17)16(4)18-11-14(2)12-19(13-18)20(21,22)23/h6-13,15-16H,5H2,1-4H3/t15-,16?/m1/s1. The average molecular weight is 335 g/mol. The van der Waals surface area contributed by atoms with Gasteiger partial charge in [-0.1, -0.05) is 48.9 Å². The maximum Gasteiger partial charge on any atom is 0.416 e. The van der Waals surface area contributed by atoms with Crippen LogP contribution in [0.3, 0.4) is 0 Å². The van der Waals surface area contributed by atoms with E-state index in [0.717, 1.165) is 12.1 Å². The van der Waals surface area contributed by atoms with Crippen molar-refractivity contribution in [3.63, 3.8) is 0 Å². The summed E-state index contributed by atoms with van der Waals surface area (Å²) in [7, 11) is 0. The average Bonchev–Trinajstić information content (AvgIpc) is 2.54. The summed E-state index contributed by atoms with van der Waals surface area (Å²) in [6, 6.07) is 14.4. The predicted molar refractivity (Wildman–Crippen MR) is 91.8 cm³/mol. The first-order valence-electron chi connectivity index (χ1n) is 8.23. The zero-order valence-electron chi connectivity index (χ0n) is 14.6. The second kappa shape index (κ2) is 7.39. The summed E-state index contributed by atoms with van der Waals surface area (Å²) in [6.45, 7) is 8.57. The molecule has 2 atom stereocenters. The zero-order valence-corrected chi connectivity index (χ0v) is 14.6. The summed E-state index contributed by atoms with van der Waals surface area (Å²) in [4.78, 5) is 2.21. The molecule has 4 heteroatoms.